The molecule has 0 amide bonds. The molecule has 0 bridgehead atoms. The largest absolute Gasteiger partial charge is 0.394 e. The topological polar surface area (TPSA) is 281 Å². The molecule has 3 saturated carbocycles. The Hall–Kier alpha value is -1.56. The van der Waals surface area contributed by atoms with Crippen LogP contribution in [-0.2, 0) is 42.7 Å². The van der Waals surface area contributed by atoms with E-state index in [0.717, 1.165) is 25.7 Å². The summed E-state index contributed by atoms with van der Waals surface area (Å²) in [6.45, 7) is 10.4. The fourth-order valence-corrected chi connectivity index (χ4v) is 13.1. The van der Waals surface area contributed by atoms with Crippen molar-refractivity contribution in [2.45, 2.75) is 204 Å². The lowest BCUT2D eigenvalue weighted by atomic mass is 9.47. The van der Waals surface area contributed by atoms with Crippen molar-refractivity contribution < 1.29 is 88.7 Å². The first kappa shape index (κ1) is 47.9. The predicted octanol–water partition coefficient (Wildman–Crippen LogP) is -0.418. The predicted molar refractivity (Wildman–Crippen MR) is 215 cm³/mol. The van der Waals surface area contributed by atoms with Crippen LogP contribution in [0.25, 0.3) is 0 Å². The molecule has 0 aromatic carbocycles. The zero-order valence-electron chi connectivity index (χ0n) is 37.0. The van der Waals surface area contributed by atoms with Crippen LogP contribution in [0.15, 0.2) is 11.6 Å². The van der Waals surface area contributed by atoms with E-state index in [2.05, 4.69) is 19.9 Å². The smallest absolute Gasteiger partial charge is 0.187 e. The number of Topliss-reactive ketones (excluding diaryl/α,β-unsaturated/α-hetero) is 2. The maximum absolute atomic E-state index is 13.9. The second-order valence-electron chi connectivity index (χ2n) is 20.7. The van der Waals surface area contributed by atoms with E-state index in [1.807, 2.05) is 13.8 Å². The molecular formula is C45H70O18. The minimum absolute atomic E-state index is 0.104. The number of ketones is 2. The van der Waals surface area contributed by atoms with Crippen molar-refractivity contribution in [3.05, 3.63) is 11.6 Å². The first-order valence-electron chi connectivity index (χ1n) is 23.1. The summed E-state index contributed by atoms with van der Waals surface area (Å²) in [5.41, 5.74) is 0.664. The number of fused-ring (bicyclic) bond motifs is 5. The first-order chi connectivity index (χ1) is 29.7. The van der Waals surface area contributed by atoms with Gasteiger partial charge in [0.2, 0.25) is 0 Å². The Morgan fingerprint density at radius 3 is 1.95 bits per heavy atom. The standard InChI is InChI=1S/C45H70O18/c1-17-13-27(60-40(17)56)30(48)18(2)29-26(47)15-25-23-8-7-21-14-22(9-11-44(21,5)24(23)10-12-45(25,29)6)59-43-39(63-42-36(54)34(52)32(50)20(4)58-42)37(55)38(28(16-46)61-43)62-41-35(53)33(51)31(49)19(3)57-41/h7,17-20,22-25,27-29,31-43,46,49-56H,8-16H2,1-6H3/t17-,18+,19+,20+,22+,23-,24+,25+,27-,28-,29+,31+,32+,33-,34-,35-,36-,37+,38-,39-,40?,41+,42+,43-,44+,45+/m1/s1. The zero-order chi connectivity index (χ0) is 45.6. The molecule has 18 nitrogen and oxygen atoms in total. The quantitative estimate of drug-likeness (QED) is 0.126. The van der Waals surface area contributed by atoms with Gasteiger partial charge in [-0.3, -0.25) is 9.59 Å². The number of carbonyl (C=O) groups is 2. The van der Waals surface area contributed by atoms with Crippen molar-refractivity contribution in [2.24, 2.45) is 46.3 Å². The molecule has 8 aliphatic rings. The van der Waals surface area contributed by atoms with E-state index in [-0.39, 0.29) is 46.1 Å². The Labute approximate surface area is 367 Å². The number of allylic oxidation sites excluding steroid dienone is 1. The number of rotatable bonds is 10. The molecule has 0 radical (unpaired) electrons. The molecule has 4 saturated heterocycles. The van der Waals surface area contributed by atoms with E-state index in [1.165, 1.54) is 19.4 Å². The molecule has 4 aliphatic heterocycles. The third-order valence-corrected chi connectivity index (χ3v) is 16.9. The maximum atomic E-state index is 13.9. The summed E-state index contributed by atoms with van der Waals surface area (Å²) in [5, 5.41) is 95.9. The van der Waals surface area contributed by atoms with Crippen molar-refractivity contribution >= 4 is 11.6 Å². The van der Waals surface area contributed by atoms with Gasteiger partial charge in [-0.2, -0.15) is 0 Å². The molecule has 26 atom stereocenters. The SMILES string of the molecule is C[C@@H]1C[C@H](C(=O)[C@@H](C)[C@H]2C(=O)C[C@H]3[C@@H]4CC=C5C[C@@H](O[C@@H]6O[C@H](CO)[C@@H](O[C@@H]7O[C@@H](C)[C@H](O)[C@@H](O)[C@H]7O)[C@H](O)[C@H]6O[C@@H]6O[C@@H](C)[C@H](O)[C@@H](O)[C@H]6O)CC[C@]5(C)[C@H]4CC[C@]23C)OC1O. The number of ether oxygens (including phenoxy) is 7. The number of carbonyl (C=O) groups excluding carboxylic acids is 2. The molecule has 0 aromatic heterocycles. The number of hydrogen-bond acceptors (Lipinski definition) is 18. The van der Waals surface area contributed by atoms with Crippen LogP contribution in [0.4, 0.5) is 0 Å². The highest BCUT2D eigenvalue weighted by atomic mass is 16.8. The molecule has 7 fully saturated rings. The second kappa shape index (κ2) is 18.2. The molecule has 8 rings (SSSR count). The molecule has 9 N–H and O–H groups in total. The lowest BCUT2D eigenvalue weighted by molar-refractivity contribution is -0.388. The summed E-state index contributed by atoms with van der Waals surface area (Å²) in [6.07, 6.45) is -16.8. The van der Waals surface area contributed by atoms with Crippen LogP contribution in [0.2, 0.25) is 0 Å². The summed E-state index contributed by atoms with van der Waals surface area (Å²) < 4.78 is 42.0. The first-order valence-corrected chi connectivity index (χ1v) is 23.1. The molecule has 358 valence electrons. The normalized spacial score (nSPS) is 54.2. The fourth-order valence-electron chi connectivity index (χ4n) is 13.1. The molecule has 1 unspecified atom stereocenters. The number of aliphatic hydroxyl groups is 9. The lowest BCUT2D eigenvalue weighted by Crippen LogP contribution is -2.66. The van der Waals surface area contributed by atoms with Gasteiger partial charge in [-0.1, -0.05) is 39.3 Å². The highest BCUT2D eigenvalue weighted by molar-refractivity contribution is 5.94. The summed E-state index contributed by atoms with van der Waals surface area (Å²) in [4.78, 5) is 27.7. The fraction of sp³-hybridized carbons (Fsp3) is 0.911. The van der Waals surface area contributed by atoms with E-state index in [4.69, 9.17) is 33.2 Å². The zero-order valence-corrected chi connectivity index (χ0v) is 37.0. The van der Waals surface area contributed by atoms with Crippen molar-refractivity contribution in [3.63, 3.8) is 0 Å². The minimum Gasteiger partial charge on any atom is -0.394 e. The van der Waals surface area contributed by atoms with Gasteiger partial charge in [0.05, 0.1) is 24.9 Å². The Morgan fingerprint density at radius 1 is 0.746 bits per heavy atom. The van der Waals surface area contributed by atoms with Gasteiger partial charge in [-0.25, -0.2) is 0 Å². The van der Waals surface area contributed by atoms with Gasteiger partial charge in [0.25, 0.3) is 0 Å². The van der Waals surface area contributed by atoms with Crippen molar-refractivity contribution in [1.29, 1.82) is 0 Å². The maximum Gasteiger partial charge on any atom is 0.187 e. The third-order valence-electron chi connectivity index (χ3n) is 16.9. The van der Waals surface area contributed by atoms with Gasteiger partial charge >= 0.3 is 0 Å². The highest BCUT2D eigenvalue weighted by Crippen LogP contribution is 2.66. The number of hydrogen-bond donors (Lipinski definition) is 9. The van der Waals surface area contributed by atoms with Crippen LogP contribution in [0.5, 0.6) is 0 Å². The van der Waals surface area contributed by atoms with Crippen LogP contribution in [0.1, 0.15) is 92.9 Å². The van der Waals surface area contributed by atoms with Crippen LogP contribution < -0.4 is 0 Å². The van der Waals surface area contributed by atoms with E-state index in [9.17, 15) is 55.5 Å². The van der Waals surface area contributed by atoms with Gasteiger partial charge in [0.1, 0.15) is 72.9 Å². The van der Waals surface area contributed by atoms with Gasteiger partial charge in [-0.05, 0) is 87.4 Å². The molecule has 4 heterocycles. The Bertz CT molecular complexity index is 1690. The van der Waals surface area contributed by atoms with Crippen LogP contribution >= 0.6 is 0 Å². The Morgan fingerprint density at radius 2 is 1.37 bits per heavy atom. The van der Waals surface area contributed by atoms with Crippen LogP contribution in [-0.4, -0.2) is 175 Å². The average molecular weight is 899 g/mol. The molecule has 63 heavy (non-hydrogen) atoms. The molecule has 0 spiro atoms. The van der Waals surface area contributed by atoms with Gasteiger partial charge in [-0.15, -0.1) is 0 Å². The monoisotopic (exact) mass is 898 g/mol. The second-order valence-corrected chi connectivity index (χ2v) is 20.7. The van der Waals surface area contributed by atoms with E-state index in [1.54, 1.807) is 0 Å². The van der Waals surface area contributed by atoms with Crippen molar-refractivity contribution in [1.82, 2.24) is 0 Å². The summed E-state index contributed by atoms with van der Waals surface area (Å²) in [5.74, 6) is -0.412. The van der Waals surface area contributed by atoms with Crippen molar-refractivity contribution in [2.75, 3.05) is 6.61 Å². The highest BCUT2D eigenvalue weighted by Gasteiger charge is 2.63. The Balaban J connectivity index is 0.988. The lowest BCUT2D eigenvalue weighted by Gasteiger charge is -2.58. The molecule has 18 heteroatoms. The van der Waals surface area contributed by atoms with E-state index < -0.39 is 129 Å². The summed E-state index contributed by atoms with van der Waals surface area (Å²) in [7, 11) is 0. The summed E-state index contributed by atoms with van der Waals surface area (Å²) in [6, 6.07) is 0. The van der Waals surface area contributed by atoms with E-state index >= 15 is 0 Å². The molecule has 4 aliphatic carbocycles. The van der Waals surface area contributed by atoms with E-state index in [0.29, 0.717) is 25.7 Å². The average Bonchev–Trinajstić information content (AvgIpc) is 3.74. The number of aliphatic hydroxyl groups excluding tert-OH is 9. The minimum atomic E-state index is -1.75. The van der Waals surface area contributed by atoms with Gasteiger partial charge in [0, 0.05) is 24.2 Å². The third kappa shape index (κ3) is 8.33. The van der Waals surface area contributed by atoms with Gasteiger partial charge < -0.3 is 79.1 Å². The van der Waals surface area contributed by atoms with Gasteiger partial charge in [0.15, 0.2) is 30.9 Å². The van der Waals surface area contributed by atoms with Crippen molar-refractivity contribution in [3.8, 4) is 0 Å². The summed E-state index contributed by atoms with van der Waals surface area (Å²) >= 11 is 0. The Kier molecular flexibility index (Phi) is 13.8. The molecular weight excluding hydrogens is 828 g/mol. The van der Waals surface area contributed by atoms with Crippen LogP contribution in [0, 0.1) is 46.3 Å². The van der Waals surface area contributed by atoms with Crippen LogP contribution in [0.3, 0.4) is 0 Å². The molecule has 0 aromatic rings.